The highest BCUT2D eigenvalue weighted by Gasteiger charge is 2.37. The first kappa shape index (κ1) is 15.0. The van der Waals surface area contributed by atoms with Crippen LogP contribution in [0.1, 0.15) is 40.0 Å². The maximum Gasteiger partial charge on any atom is 0.329 e. The Balaban J connectivity index is 2.64. The standard InChI is InChI=1S/C13H24N2O3/c1-4-15(13(2,3)12(17)18)11(16)9-10-5-7-14-8-6-10/h10,14H,4-9H2,1-3H3,(H,17,18). The minimum atomic E-state index is -1.13. The normalized spacial score (nSPS) is 17.5. The van der Waals surface area contributed by atoms with Crippen LogP contribution in [0.15, 0.2) is 0 Å². The van der Waals surface area contributed by atoms with Gasteiger partial charge >= 0.3 is 5.97 Å². The maximum absolute atomic E-state index is 12.2. The molecule has 5 heteroatoms. The molecule has 1 fully saturated rings. The van der Waals surface area contributed by atoms with Crippen molar-refractivity contribution in [3.63, 3.8) is 0 Å². The molecule has 0 aromatic rings. The van der Waals surface area contributed by atoms with Crippen LogP contribution in [-0.2, 0) is 9.59 Å². The highest BCUT2D eigenvalue weighted by molar-refractivity contribution is 5.86. The molecule has 104 valence electrons. The van der Waals surface area contributed by atoms with Crippen LogP contribution in [-0.4, -0.2) is 47.1 Å². The van der Waals surface area contributed by atoms with Crippen molar-refractivity contribution in [3.8, 4) is 0 Å². The predicted molar refractivity (Wildman–Crippen MR) is 69.3 cm³/mol. The van der Waals surface area contributed by atoms with E-state index in [1.165, 1.54) is 4.90 Å². The van der Waals surface area contributed by atoms with Crippen LogP contribution in [0, 0.1) is 5.92 Å². The number of hydrogen-bond acceptors (Lipinski definition) is 3. The predicted octanol–water partition coefficient (Wildman–Crippen LogP) is 1.09. The van der Waals surface area contributed by atoms with Gasteiger partial charge in [0, 0.05) is 13.0 Å². The Labute approximate surface area is 109 Å². The summed E-state index contributed by atoms with van der Waals surface area (Å²) < 4.78 is 0. The lowest BCUT2D eigenvalue weighted by Gasteiger charge is -2.35. The second-order valence-corrected chi connectivity index (χ2v) is 5.40. The van der Waals surface area contributed by atoms with Gasteiger partial charge < -0.3 is 15.3 Å². The lowest BCUT2D eigenvalue weighted by molar-refractivity contribution is -0.157. The SMILES string of the molecule is CCN(C(=O)CC1CCNCC1)C(C)(C)C(=O)O. The van der Waals surface area contributed by atoms with Gasteiger partial charge in [0.15, 0.2) is 0 Å². The summed E-state index contributed by atoms with van der Waals surface area (Å²) in [4.78, 5) is 24.9. The van der Waals surface area contributed by atoms with Gasteiger partial charge in [-0.2, -0.15) is 0 Å². The zero-order valence-electron chi connectivity index (χ0n) is 11.5. The van der Waals surface area contributed by atoms with Crippen molar-refractivity contribution in [1.82, 2.24) is 10.2 Å². The molecule has 0 bridgehead atoms. The maximum atomic E-state index is 12.2. The zero-order chi connectivity index (χ0) is 13.8. The first-order valence-corrected chi connectivity index (χ1v) is 6.64. The third-order valence-corrected chi connectivity index (χ3v) is 3.74. The van der Waals surface area contributed by atoms with Crippen molar-refractivity contribution in [2.24, 2.45) is 5.92 Å². The average molecular weight is 256 g/mol. The number of piperidine rings is 1. The fourth-order valence-electron chi connectivity index (χ4n) is 2.44. The molecule has 5 nitrogen and oxygen atoms in total. The van der Waals surface area contributed by atoms with Gasteiger partial charge in [-0.1, -0.05) is 0 Å². The largest absolute Gasteiger partial charge is 0.480 e. The summed E-state index contributed by atoms with van der Waals surface area (Å²) in [6, 6.07) is 0. The lowest BCUT2D eigenvalue weighted by atomic mass is 9.92. The van der Waals surface area contributed by atoms with Gasteiger partial charge in [0.2, 0.25) is 5.91 Å². The number of carbonyl (C=O) groups excluding carboxylic acids is 1. The highest BCUT2D eigenvalue weighted by Crippen LogP contribution is 2.21. The molecule has 0 aromatic carbocycles. The monoisotopic (exact) mass is 256 g/mol. The quantitative estimate of drug-likeness (QED) is 0.772. The molecule has 1 rings (SSSR count). The van der Waals surface area contributed by atoms with Crippen molar-refractivity contribution >= 4 is 11.9 Å². The van der Waals surface area contributed by atoms with Gasteiger partial charge in [-0.05, 0) is 52.6 Å². The summed E-state index contributed by atoms with van der Waals surface area (Å²) in [6.45, 7) is 7.32. The fraction of sp³-hybridized carbons (Fsp3) is 0.846. The molecule has 0 saturated carbocycles. The summed E-state index contributed by atoms with van der Waals surface area (Å²) in [6.07, 6.45) is 2.46. The third kappa shape index (κ3) is 3.45. The minimum absolute atomic E-state index is 0.0446. The zero-order valence-corrected chi connectivity index (χ0v) is 11.5. The topological polar surface area (TPSA) is 69.6 Å². The van der Waals surface area contributed by atoms with Crippen molar-refractivity contribution in [3.05, 3.63) is 0 Å². The van der Waals surface area contributed by atoms with Gasteiger partial charge in [-0.3, -0.25) is 4.79 Å². The Morgan fingerprint density at radius 3 is 2.33 bits per heavy atom. The molecule has 1 amide bonds. The van der Waals surface area contributed by atoms with E-state index >= 15 is 0 Å². The molecule has 18 heavy (non-hydrogen) atoms. The molecular formula is C13H24N2O3. The van der Waals surface area contributed by atoms with Crippen LogP contribution in [0.3, 0.4) is 0 Å². The number of nitrogens with zero attached hydrogens (tertiary/aromatic N) is 1. The second-order valence-electron chi connectivity index (χ2n) is 5.40. The van der Waals surface area contributed by atoms with Crippen LogP contribution in [0.25, 0.3) is 0 Å². The molecule has 1 saturated heterocycles. The summed E-state index contributed by atoms with van der Waals surface area (Å²) in [5.41, 5.74) is -1.13. The number of rotatable bonds is 5. The van der Waals surface area contributed by atoms with Gasteiger partial charge in [-0.15, -0.1) is 0 Å². The number of carboxylic acids is 1. The number of nitrogens with one attached hydrogen (secondary N) is 1. The van der Waals surface area contributed by atoms with Crippen molar-refractivity contribution in [1.29, 1.82) is 0 Å². The van der Waals surface area contributed by atoms with Crippen molar-refractivity contribution in [2.75, 3.05) is 19.6 Å². The Bertz CT molecular complexity index is 309. The molecular weight excluding hydrogens is 232 g/mol. The molecule has 1 heterocycles. The van der Waals surface area contributed by atoms with E-state index in [9.17, 15) is 14.7 Å². The molecule has 0 radical (unpaired) electrons. The van der Waals surface area contributed by atoms with Gasteiger partial charge in [0.1, 0.15) is 5.54 Å². The first-order chi connectivity index (χ1) is 8.39. The van der Waals surface area contributed by atoms with Gasteiger partial charge in [0.25, 0.3) is 0 Å². The molecule has 0 unspecified atom stereocenters. The second kappa shape index (κ2) is 6.18. The third-order valence-electron chi connectivity index (χ3n) is 3.74. The Hall–Kier alpha value is -1.10. The van der Waals surface area contributed by atoms with E-state index in [0.717, 1.165) is 25.9 Å². The number of hydrogen-bond donors (Lipinski definition) is 2. The van der Waals surface area contributed by atoms with E-state index in [1.807, 2.05) is 6.92 Å². The molecule has 0 aromatic heterocycles. The summed E-state index contributed by atoms with van der Waals surface area (Å²) in [5.74, 6) is -0.614. The van der Waals surface area contributed by atoms with E-state index < -0.39 is 11.5 Å². The summed E-state index contributed by atoms with van der Waals surface area (Å²) >= 11 is 0. The molecule has 0 atom stereocenters. The number of aliphatic carboxylic acids is 1. The van der Waals surface area contributed by atoms with Crippen molar-refractivity contribution < 1.29 is 14.7 Å². The molecule has 0 spiro atoms. The van der Waals surface area contributed by atoms with Crippen molar-refractivity contribution in [2.45, 2.75) is 45.6 Å². The van der Waals surface area contributed by atoms with E-state index in [-0.39, 0.29) is 5.91 Å². The highest BCUT2D eigenvalue weighted by atomic mass is 16.4. The van der Waals surface area contributed by atoms with Gasteiger partial charge in [-0.25, -0.2) is 4.79 Å². The van der Waals surface area contributed by atoms with Crippen LogP contribution in [0.2, 0.25) is 0 Å². The van der Waals surface area contributed by atoms with Crippen LogP contribution >= 0.6 is 0 Å². The summed E-state index contributed by atoms with van der Waals surface area (Å²) in [7, 11) is 0. The number of likely N-dealkylation sites (N-methyl/N-ethyl adjacent to an activating group) is 1. The van der Waals surface area contributed by atoms with Crippen LogP contribution in [0.5, 0.6) is 0 Å². The Kier molecular flexibility index (Phi) is 5.14. The van der Waals surface area contributed by atoms with E-state index in [1.54, 1.807) is 13.8 Å². The molecule has 0 aliphatic carbocycles. The smallest absolute Gasteiger partial charge is 0.329 e. The number of carboxylic acid groups (broad SMARTS) is 1. The van der Waals surface area contributed by atoms with Gasteiger partial charge in [0.05, 0.1) is 0 Å². The lowest BCUT2D eigenvalue weighted by Crippen LogP contribution is -2.53. The summed E-state index contributed by atoms with van der Waals surface area (Å²) in [5, 5.41) is 12.5. The van der Waals surface area contributed by atoms with E-state index in [2.05, 4.69) is 5.32 Å². The fourth-order valence-corrected chi connectivity index (χ4v) is 2.44. The first-order valence-electron chi connectivity index (χ1n) is 6.64. The van der Waals surface area contributed by atoms with Crippen LogP contribution < -0.4 is 5.32 Å². The minimum Gasteiger partial charge on any atom is -0.480 e. The molecule has 2 N–H and O–H groups in total. The van der Waals surface area contributed by atoms with Crippen LogP contribution in [0.4, 0.5) is 0 Å². The number of carbonyl (C=O) groups is 2. The van der Waals surface area contributed by atoms with E-state index in [4.69, 9.17) is 0 Å². The molecule has 1 aliphatic heterocycles. The van der Waals surface area contributed by atoms with E-state index in [0.29, 0.717) is 18.9 Å². The Morgan fingerprint density at radius 2 is 1.89 bits per heavy atom. The number of amides is 1. The average Bonchev–Trinajstić information content (AvgIpc) is 2.30. The molecule has 1 aliphatic rings. The Morgan fingerprint density at radius 1 is 1.33 bits per heavy atom.